The van der Waals surface area contributed by atoms with Crippen molar-refractivity contribution in [3.63, 3.8) is 0 Å². The third kappa shape index (κ3) is 11.6. The molecule has 0 aliphatic heterocycles. The molecular weight excluding hydrogens is 913 g/mol. The summed E-state index contributed by atoms with van der Waals surface area (Å²) in [6.45, 7) is -2.29. The lowest BCUT2D eigenvalue weighted by Crippen LogP contribution is -2.46. The molecule has 4 amide bonds. The summed E-state index contributed by atoms with van der Waals surface area (Å²) in [4.78, 5) is 44.4. The molecule has 15 nitrogen and oxygen atoms in total. The quantitative estimate of drug-likeness (QED) is 0.0831. The summed E-state index contributed by atoms with van der Waals surface area (Å²) < 4.78 is 0.515. The highest BCUT2D eigenvalue weighted by Crippen LogP contribution is 2.37. The molecule has 9 N–H and O–H groups in total. The van der Waals surface area contributed by atoms with E-state index in [0.29, 0.717) is 13.0 Å². The van der Waals surface area contributed by atoms with E-state index in [2.05, 4.69) is 5.32 Å². The molecule has 0 fully saturated rings. The first-order chi connectivity index (χ1) is 20.2. The molecule has 0 bridgehead atoms. The van der Waals surface area contributed by atoms with Gasteiger partial charge >= 0.3 is 6.03 Å². The number of rotatable bonds is 17. The Bertz CT molecular complexity index is 1010. The Kier molecular flexibility index (Phi) is 18.5. The molecule has 4 atom stereocenters. The van der Waals surface area contributed by atoms with Gasteiger partial charge in [0, 0.05) is 43.3 Å². The summed E-state index contributed by atoms with van der Waals surface area (Å²) in [7, 11) is 1.56. The molecule has 0 heterocycles. The Morgan fingerprint density at radius 2 is 1.00 bits per heavy atom. The van der Waals surface area contributed by atoms with E-state index in [0.717, 1.165) is 9.80 Å². The number of carbonyl (C=O) groups excluding carboxylic acids is 3. The van der Waals surface area contributed by atoms with Crippen LogP contribution in [0.3, 0.4) is 0 Å². The van der Waals surface area contributed by atoms with Crippen LogP contribution in [-0.4, -0.2) is 164 Å². The lowest BCUT2D eigenvalue weighted by molar-refractivity contribution is 0.0204. The smallest absolute Gasteiger partial charge is 0.321 e. The van der Waals surface area contributed by atoms with Crippen LogP contribution < -0.4 is 5.32 Å². The number of nitrogens with zero attached hydrogens (tertiary/aromatic N) is 3. The van der Waals surface area contributed by atoms with Gasteiger partial charge in [-0.15, -0.1) is 0 Å². The topological polar surface area (TPSA) is 235 Å². The Hall–Kier alpha value is -0.700. The second-order valence-corrected chi connectivity index (χ2v) is 12.9. The molecule has 0 aliphatic rings. The third-order valence-electron chi connectivity index (χ3n) is 6.02. The van der Waals surface area contributed by atoms with E-state index in [9.17, 15) is 55.2 Å². The molecule has 246 valence electrons. The molecule has 0 spiro atoms. The minimum absolute atomic E-state index is 0.0882. The van der Waals surface area contributed by atoms with Gasteiger partial charge in [-0.25, -0.2) is 4.79 Å². The Morgan fingerprint density at radius 1 is 0.674 bits per heavy atom. The van der Waals surface area contributed by atoms with Gasteiger partial charge < -0.3 is 60.9 Å². The first-order valence-corrected chi connectivity index (χ1v) is 16.4. The first-order valence-electron chi connectivity index (χ1n) is 13.1. The SMILES string of the molecule is CCCN(C)C(=O)Nc1c(I)c(C(=O)N(CC(O)CO)CC(O)CO)c(I)c(C(=O)N(CC(O)CO)CC(O)CO)c1I. The highest BCUT2D eigenvalue weighted by atomic mass is 127. The predicted molar refractivity (Wildman–Crippen MR) is 181 cm³/mol. The summed E-state index contributed by atoms with van der Waals surface area (Å²) in [5.74, 6) is -1.59. The number of anilines is 1. The summed E-state index contributed by atoms with van der Waals surface area (Å²) >= 11 is 5.42. The summed E-state index contributed by atoms with van der Waals surface area (Å²) in [6, 6.07) is -0.540. The van der Waals surface area contributed by atoms with Crippen molar-refractivity contribution in [2.45, 2.75) is 37.8 Å². The van der Waals surface area contributed by atoms with Crippen molar-refractivity contribution in [3.05, 3.63) is 21.8 Å². The minimum Gasteiger partial charge on any atom is -0.394 e. The maximum absolute atomic E-state index is 14.0. The van der Waals surface area contributed by atoms with Crippen LogP contribution in [0.15, 0.2) is 0 Å². The second-order valence-electron chi connectivity index (χ2n) is 9.68. The van der Waals surface area contributed by atoms with Crippen LogP contribution >= 0.6 is 67.8 Å². The van der Waals surface area contributed by atoms with Crippen molar-refractivity contribution in [2.24, 2.45) is 0 Å². The second kappa shape index (κ2) is 19.7. The number of carbonyl (C=O) groups is 3. The maximum Gasteiger partial charge on any atom is 0.321 e. The molecule has 0 aliphatic carbocycles. The largest absolute Gasteiger partial charge is 0.394 e. The van der Waals surface area contributed by atoms with Crippen LogP contribution in [0.25, 0.3) is 0 Å². The van der Waals surface area contributed by atoms with Crippen molar-refractivity contribution < 1.29 is 55.2 Å². The molecule has 0 radical (unpaired) electrons. The number of nitrogens with one attached hydrogen (secondary N) is 1. The molecule has 43 heavy (non-hydrogen) atoms. The number of hydrogen-bond acceptors (Lipinski definition) is 11. The van der Waals surface area contributed by atoms with E-state index in [4.69, 9.17) is 0 Å². The van der Waals surface area contributed by atoms with Crippen molar-refractivity contribution in [1.82, 2.24) is 14.7 Å². The van der Waals surface area contributed by atoms with Gasteiger partial charge in [0.15, 0.2) is 0 Å². The van der Waals surface area contributed by atoms with Gasteiger partial charge in [0.2, 0.25) is 0 Å². The fraction of sp³-hybridized carbons (Fsp3) is 0.640. The molecule has 0 saturated carbocycles. The number of benzene rings is 1. The summed E-state index contributed by atoms with van der Waals surface area (Å²) in [5, 5.41) is 80.7. The fourth-order valence-corrected chi connectivity index (χ4v) is 8.19. The molecule has 1 rings (SSSR count). The first kappa shape index (κ1) is 40.3. The number of aliphatic hydroxyl groups excluding tert-OH is 8. The average Bonchev–Trinajstić information content (AvgIpc) is 2.97. The van der Waals surface area contributed by atoms with E-state index >= 15 is 0 Å². The fourth-order valence-electron chi connectivity index (χ4n) is 3.83. The van der Waals surface area contributed by atoms with Gasteiger partial charge in [0.05, 0.1) is 74.8 Å². The third-order valence-corrected chi connectivity index (χ3v) is 9.26. The average molecular weight is 952 g/mol. The van der Waals surface area contributed by atoms with Crippen LogP contribution in [0.2, 0.25) is 0 Å². The van der Waals surface area contributed by atoms with E-state index in [-0.39, 0.29) is 27.5 Å². The van der Waals surface area contributed by atoms with Gasteiger partial charge in [-0.05, 0) is 74.2 Å². The summed E-state index contributed by atoms with van der Waals surface area (Å²) in [5.41, 5.74) is -0.102. The van der Waals surface area contributed by atoms with E-state index in [1.54, 1.807) is 29.6 Å². The van der Waals surface area contributed by atoms with E-state index in [1.807, 2.05) is 52.1 Å². The van der Waals surface area contributed by atoms with Crippen molar-refractivity contribution in [2.75, 3.05) is 71.5 Å². The van der Waals surface area contributed by atoms with Crippen molar-refractivity contribution >= 4 is 91.3 Å². The highest BCUT2D eigenvalue weighted by molar-refractivity contribution is 14.1. The maximum atomic E-state index is 14.0. The zero-order chi connectivity index (χ0) is 33.0. The van der Waals surface area contributed by atoms with Crippen LogP contribution in [0.1, 0.15) is 34.1 Å². The number of halogens is 3. The molecule has 1 aromatic carbocycles. The van der Waals surface area contributed by atoms with Gasteiger partial charge in [-0.2, -0.15) is 0 Å². The zero-order valence-electron chi connectivity index (χ0n) is 23.7. The number of amides is 4. The minimum atomic E-state index is -1.40. The van der Waals surface area contributed by atoms with Crippen LogP contribution in [-0.2, 0) is 0 Å². The molecule has 18 heteroatoms. The van der Waals surface area contributed by atoms with E-state index < -0.39 is 94.9 Å². The van der Waals surface area contributed by atoms with Crippen LogP contribution in [0, 0.1) is 10.7 Å². The molecule has 0 aromatic heterocycles. The Morgan fingerprint density at radius 3 is 1.28 bits per heavy atom. The van der Waals surface area contributed by atoms with Crippen molar-refractivity contribution in [3.8, 4) is 0 Å². The Balaban J connectivity index is 3.98. The lowest BCUT2D eigenvalue weighted by Gasteiger charge is -2.30. The highest BCUT2D eigenvalue weighted by Gasteiger charge is 2.34. The molecular formula is C25H39I3N4O11. The predicted octanol–water partition coefficient (Wildman–Crippen LogP) is -1.33. The zero-order valence-corrected chi connectivity index (χ0v) is 30.1. The van der Waals surface area contributed by atoms with Gasteiger partial charge in [-0.1, -0.05) is 6.92 Å². The van der Waals surface area contributed by atoms with Gasteiger partial charge in [0.25, 0.3) is 11.8 Å². The van der Waals surface area contributed by atoms with E-state index in [1.165, 1.54) is 4.90 Å². The number of urea groups is 1. The monoisotopic (exact) mass is 952 g/mol. The normalized spacial score (nSPS) is 14.1. The standard InChI is InChI=1S/C25H39I3N4O11/c1-3-4-30(2)25(43)29-22-20(27)17(23(41)31(5-13(37)9-33)6-14(38)10-34)19(26)18(21(22)28)24(42)32(7-15(39)11-35)8-16(40)12-36/h13-16,33-40H,3-12H2,1-2H3,(H,29,43). The molecule has 4 unspecified atom stereocenters. The van der Waals surface area contributed by atoms with Gasteiger partial charge in [0.1, 0.15) is 0 Å². The Labute approximate surface area is 290 Å². The van der Waals surface area contributed by atoms with Gasteiger partial charge in [-0.3, -0.25) is 9.59 Å². The number of aliphatic hydroxyl groups is 8. The summed E-state index contributed by atoms with van der Waals surface area (Å²) in [6.07, 6.45) is -4.93. The molecule has 1 aromatic rings. The lowest BCUT2D eigenvalue weighted by atomic mass is 10.1. The van der Waals surface area contributed by atoms with Crippen LogP contribution in [0.5, 0.6) is 0 Å². The molecule has 0 saturated heterocycles. The van der Waals surface area contributed by atoms with Crippen LogP contribution in [0.4, 0.5) is 10.5 Å². The number of hydrogen-bond donors (Lipinski definition) is 9. The van der Waals surface area contributed by atoms with Crippen molar-refractivity contribution in [1.29, 1.82) is 0 Å².